The summed E-state index contributed by atoms with van der Waals surface area (Å²) in [7, 11) is 1.44. The van der Waals surface area contributed by atoms with Gasteiger partial charge in [0.1, 0.15) is 0 Å². The van der Waals surface area contributed by atoms with Crippen molar-refractivity contribution in [1.29, 1.82) is 0 Å². The molecule has 0 aromatic carbocycles. The molecule has 2 rings (SSSR count). The number of carbonyl (C=O) groups is 1. The van der Waals surface area contributed by atoms with E-state index in [0.717, 1.165) is 12.8 Å². The number of H-pyrrole nitrogens is 1. The molecule has 1 aliphatic carbocycles. The molecule has 0 saturated heterocycles. The van der Waals surface area contributed by atoms with Crippen molar-refractivity contribution in [2.45, 2.75) is 51.4 Å². The Bertz CT molecular complexity index is 394. The van der Waals surface area contributed by atoms with Gasteiger partial charge in [0.2, 0.25) is 0 Å². The standard InChI is InChI=1S/C13H20N2O2/c1-3-11-10(7-8-12(16)17-2)13(15-14-11)9-5-4-6-9/h9H,3-8H2,1-2H3,(H,14,15). The maximum atomic E-state index is 11.2. The summed E-state index contributed by atoms with van der Waals surface area (Å²) in [4.78, 5) is 11.2. The predicted octanol–water partition coefficient (Wildman–Crippen LogP) is 2.35. The highest BCUT2D eigenvalue weighted by molar-refractivity contribution is 5.69. The van der Waals surface area contributed by atoms with Crippen molar-refractivity contribution in [3.63, 3.8) is 0 Å². The molecule has 1 saturated carbocycles. The number of hydrogen-bond acceptors (Lipinski definition) is 3. The summed E-state index contributed by atoms with van der Waals surface area (Å²) in [5.74, 6) is 0.465. The number of rotatable bonds is 5. The fourth-order valence-corrected chi connectivity index (χ4v) is 2.34. The fourth-order valence-electron chi connectivity index (χ4n) is 2.34. The van der Waals surface area contributed by atoms with Gasteiger partial charge in [-0.05, 0) is 31.2 Å². The monoisotopic (exact) mass is 236 g/mol. The predicted molar refractivity (Wildman–Crippen MR) is 64.9 cm³/mol. The van der Waals surface area contributed by atoms with Gasteiger partial charge in [-0.3, -0.25) is 9.89 Å². The zero-order valence-electron chi connectivity index (χ0n) is 10.6. The van der Waals surface area contributed by atoms with Crippen LogP contribution in [0.25, 0.3) is 0 Å². The molecule has 1 fully saturated rings. The first kappa shape index (κ1) is 12.1. The Morgan fingerprint density at radius 2 is 2.29 bits per heavy atom. The Morgan fingerprint density at radius 3 is 2.82 bits per heavy atom. The molecule has 4 nitrogen and oxygen atoms in total. The normalized spacial score (nSPS) is 15.6. The van der Waals surface area contributed by atoms with Crippen LogP contribution in [-0.4, -0.2) is 23.3 Å². The van der Waals surface area contributed by atoms with E-state index in [-0.39, 0.29) is 5.97 Å². The summed E-state index contributed by atoms with van der Waals surface area (Å²) >= 11 is 0. The summed E-state index contributed by atoms with van der Waals surface area (Å²) in [6.07, 6.45) is 5.91. The van der Waals surface area contributed by atoms with Gasteiger partial charge in [0.15, 0.2) is 0 Å². The molecule has 17 heavy (non-hydrogen) atoms. The maximum absolute atomic E-state index is 11.2. The first-order valence-electron chi connectivity index (χ1n) is 6.39. The SMILES string of the molecule is CCc1[nH]nc(C2CCC2)c1CCC(=O)OC. The Kier molecular flexibility index (Phi) is 3.82. The van der Waals surface area contributed by atoms with Crippen LogP contribution in [0.2, 0.25) is 0 Å². The van der Waals surface area contributed by atoms with E-state index in [1.165, 1.54) is 43.3 Å². The molecule has 0 atom stereocenters. The Balaban J connectivity index is 2.11. The van der Waals surface area contributed by atoms with Crippen LogP contribution in [0, 0.1) is 0 Å². The summed E-state index contributed by atoms with van der Waals surface area (Å²) in [6.45, 7) is 2.11. The molecular weight excluding hydrogens is 216 g/mol. The third-order valence-electron chi connectivity index (χ3n) is 3.64. The van der Waals surface area contributed by atoms with Crippen LogP contribution < -0.4 is 0 Å². The van der Waals surface area contributed by atoms with E-state index in [0.29, 0.717) is 12.3 Å². The minimum atomic E-state index is -0.146. The van der Waals surface area contributed by atoms with Gasteiger partial charge in [-0.15, -0.1) is 0 Å². The number of methoxy groups -OCH3 is 1. The maximum Gasteiger partial charge on any atom is 0.305 e. The molecule has 94 valence electrons. The first-order chi connectivity index (χ1) is 8.26. The summed E-state index contributed by atoms with van der Waals surface area (Å²) in [5.41, 5.74) is 3.62. The average molecular weight is 236 g/mol. The topological polar surface area (TPSA) is 55.0 Å². The smallest absolute Gasteiger partial charge is 0.305 e. The van der Waals surface area contributed by atoms with E-state index in [1.54, 1.807) is 0 Å². The quantitative estimate of drug-likeness (QED) is 0.798. The first-order valence-corrected chi connectivity index (χ1v) is 6.39. The molecule has 1 aromatic heterocycles. The number of ether oxygens (including phenoxy) is 1. The molecule has 1 heterocycles. The van der Waals surface area contributed by atoms with Gasteiger partial charge >= 0.3 is 5.97 Å². The largest absolute Gasteiger partial charge is 0.469 e. The molecule has 1 aromatic rings. The van der Waals surface area contributed by atoms with Crippen LogP contribution in [0.1, 0.15) is 55.5 Å². The van der Waals surface area contributed by atoms with E-state index in [2.05, 4.69) is 17.1 Å². The molecule has 0 radical (unpaired) electrons. The highest BCUT2D eigenvalue weighted by atomic mass is 16.5. The molecule has 0 amide bonds. The second-order valence-corrected chi connectivity index (χ2v) is 4.62. The van der Waals surface area contributed by atoms with Crippen LogP contribution >= 0.6 is 0 Å². The molecule has 1 N–H and O–H groups in total. The molecule has 0 bridgehead atoms. The number of nitrogens with one attached hydrogen (secondary N) is 1. The van der Waals surface area contributed by atoms with E-state index in [9.17, 15) is 4.79 Å². The highest BCUT2D eigenvalue weighted by Gasteiger charge is 2.26. The minimum Gasteiger partial charge on any atom is -0.469 e. The van der Waals surface area contributed by atoms with E-state index in [1.807, 2.05) is 0 Å². The molecule has 4 heteroatoms. The van der Waals surface area contributed by atoms with Gasteiger partial charge in [0.25, 0.3) is 0 Å². The molecule has 0 aliphatic heterocycles. The molecule has 0 spiro atoms. The number of aryl methyl sites for hydroxylation is 1. The Labute approximate surface area is 102 Å². The van der Waals surface area contributed by atoms with E-state index in [4.69, 9.17) is 4.74 Å². The van der Waals surface area contributed by atoms with E-state index < -0.39 is 0 Å². The molecule has 0 unspecified atom stereocenters. The third-order valence-corrected chi connectivity index (χ3v) is 3.64. The van der Waals surface area contributed by atoms with Crippen molar-refractivity contribution in [3.8, 4) is 0 Å². The van der Waals surface area contributed by atoms with Crippen LogP contribution in [0.5, 0.6) is 0 Å². The lowest BCUT2D eigenvalue weighted by Gasteiger charge is -2.24. The van der Waals surface area contributed by atoms with Gasteiger partial charge in [0, 0.05) is 18.0 Å². The Morgan fingerprint density at radius 1 is 1.53 bits per heavy atom. The number of hydrogen-bond donors (Lipinski definition) is 1. The molecule has 1 aliphatic rings. The van der Waals surface area contributed by atoms with Gasteiger partial charge in [-0.2, -0.15) is 5.10 Å². The number of aromatic amines is 1. The van der Waals surface area contributed by atoms with Crippen LogP contribution in [0.15, 0.2) is 0 Å². The lowest BCUT2D eigenvalue weighted by Crippen LogP contribution is -2.12. The number of aromatic nitrogens is 2. The second kappa shape index (κ2) is 5.34. The summed E-state index contributed by atoms with van der Waals surface area (Å²) in [5, 5.41) is 7.55. The van der Waals surface area contributed by atoms with Crippen molar-refractivity contribution < 1.29 is 9.53 Å². The average Bonchev–Trinajstić information content (AvgIpc) is 2.66. The van der Waals surface area contributed by atoms with Crippen molar-refractivity contribution in [2.24, 2.45) is 0 Å². The summed E-state index contributed by atoms with van der Waals surface area (Å²) in [6, 6.07) is 0. The van der Waals surface area contributed by atoms with Gasteiger partial charge in [-0.1, -0.05) is 13.3 Å². The fraction of sp³-hybridized carbons (Fsp3) is 0.692. The lowest BCUT2D eigenvalue weighted by molar-refractivity contribution is -0.140. The van der Waals surface area contributed by atoms with Crippen LogP contribution in [0.4, 0.5) is 0 Å². The van der Waals surface area contributed by atoms with Gasteiger partial charge in [0.05, 0.1) is 12.8 Å². The third kappa shape index (κ3) is 2.51. The zero-order chi connectivity index (χ0) is 12.3. The van der Waals surface area contributed by atoms with E-state index >= 15 is 0 Å². The van der Waals surface area contributed by atoms with Crippen molar-refractivity contribution >= 4 is 5.97 Å². The van der Waals surface area contributed by atoms with Crippen molar-refractivity contribution in [1.82, 2.24) is 10.2 Å². The number of esters is 1. The van der Waals surface area contributed by atoms with Crippen molar-refractivity contribution in [2.75, 3.05) is 7.11 Å². The lowest BCUT2D eigenvalue weighted by atomic mass is 9.80. The minimum absolute atomic E-state index is 0.146. The summed E-state index contributed by atoms with van der Waals surface area (Å²) < 4.78 is 4.69. The zero-order valence-corrected chi connectivity index (χ0v) is 10.6. The van der Waals surface area contributed by atoms with Gasteiger partial charge in [-0.25, -0.2) is 0 Å². The van der Waals surface area contributed by atoms with Crippen molar-refractivity contribution in [3.05, 3.63) is 17.0 Å². The number of carbonyl (C=O) groups excluding carboxylic acids is 1. The van der Waals surface area contributed by atoms with Crippen LogP contribution in [0.3, 0.4) is 0 Å². The highest BCUT2D eigenvalue weighted by Crippen LogP contribution is 2.38. The second-order valence-electron chi connectivity index (χ2n) is 4.62. The number of nitrogens with zero attached hydrogens (tertiary/aromatic N) is 1. The molecular formula is C13H20N2O2. The van der Waals surface area contributed by atoms with Gasteiger partial charge < -0.3 is 4.74 Å². The Hall–Kier alpha value is -1.32. The van der Waals surface area contributed by atoms with Crippen LogP contribution in [-0.2, 0) is 22.4 Å².